The van der Waals surface area contributed by atoms with Gasteiger partial charge in [0.15, 0.2) is 0 Å². The molecule has 0 bridgehead atoms. The van der Waals surface area contributed by atoms with Crippen molar-refractivity contribution in [2.75, 3.05) is 7.11 Å². The summed E-state index contributed by atoms with van der Waals surface area (Å²) in [5, 5.41) is 8.97. The maximum absolute atomic E-state index is 11.8. The molecular formula is C15H16O4. The fraction of sp³-hybridized carbons (Fsp3) is 0.333. The minimum absolute atomic E-state index is 0.243. The molecule has 1 aromatic rings. The van der Waals surface area contributed by atoms with Crippen molar-refractivity contribution in [1.82, 2.24) is 0 Å². The van der Waals surface area contributed by atoms with E-state index in [1.165, 1.54) is 7.11 Å². The van der Waals surface area contributed by atoms with Crippen molar-refractivity contribution in [3.63, 3.8) is 0 Å². The fourth-order valence-corrected chi connectivity index (χ4v) is 2.48. The van der Waals surface area contributed by atoms with Crippen molar-refractivity contribution in [3.8, 4) is 0 Å². The second-order valence-electron chi connectivity index (χ2n) is 4.53. The van der Waals surface area contributed by atoms with Gasteiger partial charge in [-0.05, 0) is 29.5 Å². The Balaban J connectivity index is 2.39. The van der Waals surface area contributed by atoms with Crippen LogP contribution in [-0.2, 0) is 20.7 Å². The summed E-state index contributed by atoms with van der Waals surface area (Å²) >= 11 is 0. The number of hydrogen-bond acceptors (Lipinski definition) is 3. The highest BCUT2D eigenvalue weighted by Crippen LogP contribution is 2.34. The lowest BCUT2D eigenvalue weighted by Gasteiger charge is -2.23. The Labute approximate surface area is 111 Å². The summed E-state index contributed by atoms with van der Waals surface area (Å²) in [4.78, 5) is 22.8. The largest absolute Gasteiger partial charge is 0.481 e. The van der Waals surface area contributed by atoms with Crippen LogP contribution in [0, 0.1) is 5.92 Å². The number of aliphatic carboxylic acids is 1. The highest BCUT2D eigenvalue weighted by atomic mass is 16.5. The smallest absolute Gasteiger partial charge is 0.313 e. The molecule has 0 fully saturated rings. The lowest BCUT2D eigenvalue weighted by Crippen LogP contribution is -2.22. The number of allylic oxidation sites excluding steroid dienone is 1. The van der Waals surface area contributed by atoms with Crippen molar-refractivity contribution < 1.29 is 19.4 Å². The van der Waals surface area contributed by atoms with Crippen molar-refractivity contribution in [3.05, 3.63) is 41.5 Å². The van der Waals surface area contributed by atoms with Gasteiger partial charge in [-0.3, -0.25) is 9.59 Å². The molecule has 1 aliphatic rings. The zero-order chi connectivity index (χ0) is 13.8. The standard InChI is InChI=1S/C15H16O4/c1-19-15(18)13(9-14(16)17)12-8-4-6-10-5-2-3-7-11(10)12/h2-3,5,7-8,13H,4,6,9H2,1H3,(H,16,17)/t13-/m1/s1. The van der Waals surface area contributed by atoms with E-state index in [-0.39, 0.29) is 6.42 Å². The van der Waals surface area contributed by atoms with E-state index in [0.29, 0.717) is 0 Å². The molecule has 0 saturated heterocycles. The van der Waals surface area contributed by atoms with E-state index in [9.17, 15) is 9.59 Å². The van der Waals surface area contributed by atoms with E-state index < -0.39 is 17.9 Å². The van der Waals surface area contributed by atoms with Gasteiger partial charge in [0.1, 0.15) is 0 Å². The molecular weight excluding hydrogens is 244 g/mol. The molecule has 1 N–H and O–H groups in total. The summed E-state index contributed by atoms with van der Waals surface area (Å²) in [7, 11) is 1.28. The van der Waals surface area contributed by atoms with Crippen LogP contribution in [0.15, 0.2) is 30.3 Å². The van der Waals surface area contributed by atoms with Crippen molar-refractivity contribution in [1.29, 1.82) is 0 Å². The summed E-state index contributed by atoms with van der Waals surface area (Å²) in [5.41, 5.74) is 2.89. The van der Waals surface area contributed by atoms with Gasteiger partial charge in [0.25, 0.3) is 0 Å². The minimum Gasteiger partial charge on any atom is -0.481 e. The summed E-state index contributed by atoms with van der Waals surface area (Å²) in [5.74, 6) is -2.23. The van der Waals surface area contributed by atoms with Crippen LogP contribution in [0.25, 0.3) is 5.57 Å². The van der Waals surface area contributed by atoms with Crippen LogP contribution in [0.1, 0.15) is 24.0 Å². The Hall–Kier alpha value is -2.10. The number of methoxy groups -OCH3 is 1. The van der Waals surface area contributed by atoms with Crippen molar-refractivity contribution >= 4 is 17.5 Å². The molecule has 0 aliphatic heterocycles. The third kappa shape index (κ3) is 2.84. The molecule has 1 atom stereocenters. The lowest BCUT2D eigenvalue weighted by molar-refractivity contribution is -0.148. The molecule has 4 nitrogen and oxygen atoms in total. The highest BCUT2D eigenvalue weighted by molar-refractivity contribution is 5.93. The molecule has 2 rings (SSSR count). The van der Waals surface area contributed by atoms with E-state index in [1.807, 2.05) is 30.3 Å². The van der Waals surface area contributed by atoms with E-state index in [4.69, 9.17) is 9.84 Å². The first kappa shape index (κ1) is 13.3. The first-order chi connectivity index (χ1) is 9.13. The normalized spacial score (nSPS) is 15.1. The number of carbonyl (C=O) groups excluding carboxylic acids is 1. The Morgan fingerprint density at radius 3 is 2.79 bits per heavy atom. The molecule has 19 heavy (non-hydrogen) atoms. The van der Waals surface area contributed by atoms with Crippen LogP contribution in [-0.4, -0.2) is 24.2 Å². The second kappa shape index (κ2) is 5.69. The summed E-state index contributed by atoms with van der Waals surface area (Å²) in [6, 6.07) is 7.79. The number of fused-ring (bicyclic) bond motifs is 1. The number of carboxylic acid groups (broad SMARTS) is 1. The van der Waals surface area contributed by atoms with E-state index in [0.717, 1.165) is 29.5 Å². The van der Waals surface area contributed by atoms with Gasteiger partial charge in [-0.2, -0.15) is 0 Å². The molecule has 0 aromatic heterocycles. The first-order valence-corrected chi connectivity index (χ1v) is 6.21. The minimum atomic E-state index is -1.00. The molecule has 4 heteroatoms. The Kier molecular flexibility index (Phi) is 4.00. The zero-order valence-corrected chi connectivity index (χ0v) is 10.8. The van der Waals surface area contributed by atoms with Crippen LogP contribution < -0.4 is 0 Å². The maximum Gasteiger partial charge on any atom is 0.313 e. The topological polar surface area (TPSA) is 63.6 Å². The quantitative estimate of drug-likeness (QED) is 0.843. The van der Waals surface area contributed by atoms with Crippen LogP contribution >= 0.6 is 0 Å². The summed E-state index contributed by atoms with van der Waals surface area (Å²) < 4.78 is 4.74. The maximum atomic E-state index is 11.8. The molecule has 0 unspecified atom stereocenters. The predicted octanol–water partition coefficient (Wildman–Crippen LogP) is 2.28. The number of carboxylic acids is 1. The zero-order valence-electron chi connectivity index (χ0n) is 10.8. The molecule has 0 radical (unpaired) electrons. The number of aryl methyl sites for hydroxylation is 1. The molecule has 1 aromatic carbocycles. The predicted molar refractivity (Wildman–Crippen MR) is 70.5 cm³/mol. The third-order valence-electron chi connectivity index (χ3n) is 3.35. The number of ether oxygens (including phenoxy) is 1. The van der Waals surface area contributed by atoms with Gasteiger partial charge in [-0.15, -0.1) is 0 Å². The Morgan fingerprint density at radius 1 is 1.37 bits per heavy atom. The Morgan fingerprint density at radius 2 is 2.11 bits per heavy atom. The van der Waals surface area contributed by atoms with Crippen LogP contribution in [0.5, 0.6) is 0 Å². The molecule has 0 saturated carbocycles. The highest BCUT2D eigenvalue weighted by Gasteiger charge is 2.29. The monoisotopic (exact) mass is 260 g/mol. The Bertz CT molecular complexity index is 531. The van der Waals surface area contributed by atoms with Crippen molar-refractivity contribution in [2.45, 2.75) is 19.3 Å². The first-order valence-electron chi connectivity index (χ1n) is 6.21. The van der Waals surface area contributed by atoms with E-state index in [1.54, 1.807) is 0 Å². The van der Waals surface area contributed by atoms with Crippen LogP contribution in [0.2, 0.25) is 0 Å². The van der Waals surface area contributed by atoms with Gasteiger partial charge >= 0.3 is 11.9 Å². The van der Waals surface area contributed by atoms with Crippen LogP contribution in [0.4, 0.5) is 0 Å². The molecule has 1 aliphatic carbocycles. The summed E-state index contributed by atoms with van der Waals surface area (Å²) in [6.07, 6.45) is 3.44. The second-order valence-corrected chi connectivity index (χ2v) is 4.53. The SMILES string of the molecule is COC(=O)[C@H](CC(=O)O)C1=CCCc2ccccc21. The third-order valence-corrected chi connectivity index (χ3v) is 3.35. The molecule has 0 amide bonds. The van der Waals surface area contributed by atoms with E-state index >= 15 is 0 Å². The number of hydrogen-bond donors (Lipinski definition) is 1. The van der Waals surface area contributed by atoms with Crippen LogP contribution in [0.3, 0.4) is 0 Å². The number of carbonyl (C=O) groups is 2. The van der Waals surface area contributed by atoms with Crippen molar-refractivity contribution in [2.24, 2.45) is 5.92 Å². The molecule has 100 valence electrons. The average Bonchev–Trinajstić information content (AvgIpc) is 2.43. The lowest BCUT2D eigenvalue weighted by atomic mass is 9.82. The van der Waals surface area contributed by atoms with Gasteiger partial charge in [0.2, 0.25) is 0 Å². The number of esters is 1. The summed E-state index contributed by atoms with van der Waals surface area (Å²) in [6.45, 7) is 0. The van der Waals surface area contributed by atoms with Gasteiger partial charge in [0, 0.05) is 0 Å². The van der Waals surface area contributed by atoms with Gasteiger partial charge < -0.3 is 9.84 Å². The average molecular weight is 260 g/mol. The number of rotatable bonds is 4. The van der Waals surface area contributed by atoms with Gasteiger partial charge in [-0.1, -0.05) is 30.3 Å². The van der Waals surface area contributed by atoms with Gasteiger partial charge in [0.05, 0.1) is 19.4 Å². The van der Waals surface area contributed by atoms with Gasteiger partial charge in [-0.25, -0.2) is 0 Å². The molecule has 0 heterocycles. The molecule has 0 spiro atoms. The fourth-order valence-electron chi connectivity index (χ4n) is 2.48. The van der Waals surface area contributed by atoms with E-state index in [2.05, 4.69) is 0 Å². The number of benzene rings is 1.